The Morgan fingerprint density at radius 3 is 2.18 bits per heavy atom. The molecular weight excluding hydrogens is 142 g/mol. The smallest absolute Gasteiger partial charge is 0.162 e. The van der Waals surface area contributed by atoms with Crippen molar-refractivity contribution >= 4 is 0 Å². The molecule has 0 saturated carbocycles. The molecule has 3 heteroatoms. The summed E-state index contributed by atoms with van der Waals surface area (Å²) in [7, 11) is 0. The van der Waals surface area contributed by atoms with Crippen molar-refractivity contribution in [2.24, 2.45) is 5.73 Å². The lowest BCUT2D eigenvalue weighted by atomic mass is 10.4. The van der Waals surface area contributed by atoms with Crippen LogP contribution in [0.15, 0.2) is 0 Å². The summed E-state index contributed by atoms with van der Waals surface area (Å²) in [6.45, 7) is 7.70. The minimum absolute atomic E-state index is 0.477. The minimum atomic E-state index is -0.477. The lowest BCUT2D eigenvalue weighted by Gasteiger charge is -2.25. The Bertz CT molecular complexity index is 84.1. The number of rotatable bonds is 6. The van der Waals surface area contributed by atoms with Gasteiger partial charge in [-0.05, 0) is 20.3 Å². The summed E-state index contributed by atoms with van der Waals surface area (Å²) in [4.78, 5) is 0. The van der Waals surface area contributed by atoms with Gasteiger partial charge in [0.1, 0.15) is 0 Å². The van der Waals surface area contributed by atoms with Gasteiger partial charge in [-0.15, -0.1) is 0 Å². The van der Waals surface area contributed by atoms with Crippen LogP contribution in [0.1, 0.15) is 27.2 Å². The molecule has 0 atom stereocenters. The monoisotopic (exact) mass is 161 g/mol. The second-order valence-corrected chi connectivity index (χ2v) is 2.89. The minimum Gasteiger partial charge on any atom is -0.351 e. The van der Waals surface area contributed by atoms with Crippen LogP contribution in [0.25, 0.3) is 0 Å². The molecule has 0 aliphatic rings. The van der Waals surface area contributed by atoms with E-state index in [4.69, 9.17) is 15.2 Å². The SMILES string of the molecule is CCCOC(C)(C)OCCN. The largest absolute Gasteiger partial charge is 0.351 e. The molecule has 0 bridgehead atoms. The molecule has 0 spiro atoms. The Balaban J connectivity index is 3.43. The van der Waals surface area contributed by atoms with Crippen molar-refractivity contribution in [3.63, 3.8) is 0 Å². The average Bonchev–Trinajstić information content (AvgIpc) is 1.97. The molecule has 0 amide bonds. The van der Waals surface area contributed by atoms with Crippen molar-refractivity contribution in [1.82, 2.24) is 0 Å². The molecule has 68 valence electrons. The zero-order valence-electron chi connectivity index (χ0n) is 7.72. The maximum absolute atomic E-state index is 5.40. The molecule has 2 N–H and O–H groups in total. The third-order valence-corrected chi connectivity index (χ3v) is 1.22. The van der Waals surface area contributed by atoms with E-state index in [1.54, 1.807) is 0 Å². The molecule has 0 radical (unpaired) electrons. The highest BCUT2D eigenvalue weighted by Crippen LogP contribution is 2.10. The van der Waals surface area contributed by atoms with Gasteiger partial charge >= 0.3 is 0 Å². The lowest BCUT2D eigenvalue weighted by molar-refractivity contribution is -0.211. The summed E-state index contributed by atoms with van der Waals surface area (Å²) in [5, 5.41) is 0. The van der Waals surface area contributed by atoms with Crippen molar-refractivity contribution in [2.45, 2.75) is 33.0 Å². The van der Waals surface area contributed by atoms with Crippen molar-refractivity contribution in [3.05, 3.63) is 0 Å². The normalized spacial score (nSPS) is 12.0. The highest BCUT2D eigenvalue weighted by molar-refractivity contribution is 4.53. The first-order chi connectivity index (χ1) is 5.12. The van der Waals surface area contributed by atoms with Crippen molar-refractivity contribution < 1.29 is 9.47 Å². The highest BCUT2D eigenvalue weighted by atomic mass is 16.7. The van der Waals surface area contributed by atoms with Crippen LogP contribution in [0.2, 0.25) is 0 Å². The average molecular weight is 161 g/mol. The van der Waals surface area contributed by atoms with Gasteiger partial charge in [-0.3, -0.25) is 0 Å². The Hall–Kier alpha value is -0.120. The molecular formula is C8H19NO2. The van der Waals surface area contributed by atoms with Crippen LogP contribution < -0.4 is 5.73 Å². The van der Waals surface area contributed by atoms with Crippen LogP contribution in [0.3, 0.4) is 0 Å². The van der Waals surface area contributed by atoms with Gasteiger partial charge in [0.05, 0.1) is 6.61 Å². The standard InChI is InChI=1S/C8H19NO2/c1-4-6-10-8(2,3)11-7-5-9/h4-7,9H2,1-3H3. The molecule has 3 nitrogen and oxygen atoms in total. The quantitative estimate of drug-likeness (QED) is 0.594. The number of ether oxygens (including phenoxy) is 2. The second kappa shape index (κ2) is 5.52. The summed E-state index contributed by atoms with van der Waals surface area (Å²) in [5.41, 5.74) is 5.28. The maximum atomic E-state index is 5.40. The van der Waals surface area contributed by atoms with Crippen LogP contribution in [0.4, 0.5) is 0 Å². The molecule has 0 aromatic heterocycles. The van der Waals surface area contributed by atoms with Crippen LogP contribution in [0.5, 0.6) is 0 Å². The predicted molar refractivity (Wildman–Crippen MR) is 45.3 cm³/mol. The zero-order chi connectivity index (χ0) is 8.74. The Labute approximate surface area is 68.9 Å². The molecule has 0 aliphatic heterocycles. The van der Waals surface area contributed by atoms with Crippen LogP contribution in [0, 0.1) is 0 Å². The van der Waals surface area contributed by atoms with Gasteiger partial charge in [-0.1, -0.05) is 6.92 Å². The molecule has 0 aromatic carbocycles. The lowest BCUT2D eigenvalue weighted by Crippen LogP contribution is -2.31. The topological polar surface area (TPSA) is 44.5 Å². The van der Waals surface area contributed by atoms with E-state index in [1.807, 2.05) is 13.8 Å². The van der Waals surface area contributed by atoms with Crippen LogP contribution in [-0.4, -0.2) is 25.5 Å². The summed E-state index contributed by atoms with van der Waals surface area (Å²) in [6, 6.07) is 0. The van der Waals surface area contributed by atoms with Gasteiger partial charge in [0.25, 0.3) is 0 Å². The second-order valence-electron chi connectivity index (χ2n) is 2.89. The van der Waals surface area contributed by atoms with Crippen molar-refractivity contribution in [3.8, 4) is 0 Å². The Morgan fingerprint density at radius 2 is 1.73 bits per heavy atom. The third-order valence-electron chi connectivity index (χ3n) is 1.22. The first-order valence-corrected chi connectivity index (χ1v) is 4.10. The van der Waals surface area contributed by atoms with E-state index in [-0.39, 0.29) is 0 Å². The first kappa shape index (κ1) is 10.9. The number of nitrogens with two attached hydrogens (primary N) is 1. The highest BCUT2D eigenvalue weighted by Gasteiger charge is 2.17. The fourth-order valence-electron chi connectivity index (χ4n) is 0.694. The fourth-order valence-corrected chi connectivity index (χ4v) is 0.694. The zero-order valence-corrected chi connectivity index (χ0v) is 7.72. The van der Waals surface area contributed by atoms with E-state index >= 15 is 0 Å². The summed E-state index contributed by atoms with van der Waals surface area (Å²) in [5.74, 6) is -0.477. The van der Waals surface area contributed by atoms with E-state index in [9.17, 15) is 0 Å². The molecule has 0 aromatic rings. The van der Waals surface area contributed by atoms with Gasteiger partial charge < -0.3 is 15.2 Å². The van der Waals surface area contributed by atoms with Crippen LogP contribution in [-0.2, 0) is 9.47 Å². The van der Waals surface area contributed by atoms with E-state index in [0.29, 0.717) is 13.2 Å². The molecule has 0 rings (SSSR count). The number of hydrogen-bond acceptors (Lipinski definition) is 3. The molecule has 0 heterocycles. The summed E-state index contributed by atoms with van der Waals surface area (Å²) >= 11 is 0. The van der Waals surface area contributed by atoms with Gasteiger partial charge in [0.15, 0.2) is 5.79 Å². The molecule has 0 saturated heterocycles. The Morgan fingerprint density at radius 1 is 1.18 bits per heavy atom. The van der Waals surface area contributed by atoms with Crippen molar-refractivity contribution in [1.29, 1.82) is 0 Å². The first-order valence-electron chi connectivity index (χ1n) is 4.10. The molecule has 11 heavy (non-hydrogen) atoms. The van der Waals surface area contributed by atoms with Gasteiger partial charge in [-0.25, -0.2) is 0 Å². The van der Waals surface area contributed by atoms with E-state index < -0.39 is 5.79 Å². The molecule has 0 fully saturated rings. The van der Waals surface area contributed by atoms with Crippen molar-refractivity contribution in [2.75, 3.05) is 19.8 Å². The predicted octanol–water partition coefficient (Wildman–Crippen LogP) is 1.12. The maximum Gasteiger partial charge on any atom is 0.162 e. The van der Waals surface area contributed by atoms with Gasteiger partial charge in [0.2, 0.25) is 0 Å². The third kappa shape index (κ3) is 6.28. The summed E-state index contributed by atoms with van der Waals surface area (Å²) < 4.78 is 10.7. The van der Waals surface area contributed by atoms with E-state index in [0.717, 1.165) is 13.0 Å². The molecule has 0 unspecified atom stereocenters. The van der Waals surface area contributed by atoms with Crippen LogP contribution >= 0.6 is 0 Å². The number of hydrogen-bond donors (Lipinski definition) is 1. The molecule has 0 aliphatic carbocycles. The van der Waals surface area contributed by atoms with Gasteiger partial charge in [0, 0.05) is 13.2 Å². The Kier molecular flexibility index (Phi) is 5.46. The van der Waals surface area contributed by atoms with E-state index in [1.165, 1.54) is 0 Å². The fraction of sp³-hybridized carbons (Fsp3) is 1.00. The van der Waals surface area contributed by atoms with E-state index in [2.05, 4.69) is 6.92 Å². The van der Waals surface area contributed by atoms with Gasteiger partial charge in [-0.2, -0.15) is 0 Å². The summed E-state index contributed by atoms with van der Waals surface area (Å²) in [6.07, 6.45) is 1.01.